The molecule has 132 valence electrons. The molecule has 3 rings (SSSR count). The molecule has 2 heterocycles. The van der Waals surface area contributed by atoms with Crippen LogP contribution >= 0.6 is 23.2 Å². The Morgan fingerprint density at radius 2 is 1.84 bits per heavy atom. The van der Waals surface area contributed by atoms with Crippen molar-refractivity contribution >= 4 is 35.8 Å². The normalized spacial score (nSPS) is 11.9. The Labute approximate surface area is 162 Å². The van der Waals surface area contributed by atoms with E-state index in [1.807, 2.05) is 29.9 Å². The molecule has 0 spiro atoms. The molecule has 0 saturated carbocycles. The van der Waals surface area contributed by atoms with Gasteiger partial charge in [0.15, 0.2) is 5.82 Å². The summed E-state index contributed by atoms with van der Waals surface area (Å²) in [7, 11) is 1.85. The standard InChI is InChI=1S/C17H19Cl2N5S/c1-17(2,3)14-8-13(15-20-21-16(25)23(15)4)24(22-14)9-10-5-6-11(18)7-12(10)19/h5-8H,9H2,1-4H3,(H,21,25)/p-1. The lowest BCUT2D eigenvalue weighted by molar-refractivity contribution is 0.545. The largest absolute Gasteiger partial charge is 0.740 e. The quantitative estimate of drug-likeness (QED) is 0.623. The van der Waals surface area contributed by atoms with Crippen LogP contribution in [-0.2, 0) is 31.6 Å². The minimum atomic E-state index is -0.0980. The highest BCUT2D eigenvalue weighted by Crippen LogP contribution is 2.29. The fraction of sp³-hybridized carbons (Fsp3) is 0.353. The Balaban J connectivity index is 2.11. The number of rotatable bonds is 3. The highest BCUT2D eigenvalue weighted by atomic mass is 35.5. The van der Waals surface area contributed by atoms with E-state index in [1.165, 1.54) is 0 Å². The molecule has 0 aliphatic heterocycles. The van der Waals surface area contributed by atoms with Crippen molar-refractivity contribution in [1.29, 1.82) is 0 Å². The average Bonchev–Trinajstić information content (AvgIpc) is 3.07. The van der Waals surface area contributed by atoms with Crippen molar-refractivity contribution in [1.82, 2.24) is 24.5 Å². The van der Waals surface area contributed by atoms with Crippen LogP contribution < -0.4 is 0 Å². The highest BCUT2D eigenvalue weighted by molar-refractivity contribution is 7.58. The summed E-state index contributed by atoms with van der Waals surface area (Å²) in [4.78, 5) is 0. The van der Waals surface area contributed by atoms with Gasteiger partial charge >= 0.3 is 0 Å². The molecule has 3 aromatic rings. The van der Waals surface area contributed by atoms with Gasteiger partial charge in [-0.25, -0.2) is 0 Å². The van der Waals surface area contributed by atoms with Crippen molar-refractivity contribution in [2.75, 3.05) is 0 Å². The fourth-order valence-corrected chi connectivity index (χ4v) is 3.03. The molecule has 5 nitrogen and oxygen atoms in total. The van der Waals surface area contributed by atoms with Crippen molar-refractivity contribution in [2.45, 2.75) is 37.9 Å². The van der Waals surface area contributed by atoms with Gasteiger partial charge in [0.25, 0.3) is 0 Å². The summed E-state index contributed by atoms with van der Waals surface area (Å²) in [6.45, 7) is 6.86. The predicted octanol–water partition coefficient (Wildman–Crippen LogP) is 4.24. The molecule has 8 heteroatoms. The maximum atomic E-state index is 6.33. The molecule has 2 aromatic heterocycles. The van der Waals surface area contributed by atoms with Crippen LogP contribution in [0.2, 0.25) is 10.0 Å². The molecule has 0 amide bonds. The van der Waals surface area contributed by atoms with Crippen LogP contribution in [0.3, 0.4) is 0 Å². The maximum Gasteiger partial charge on any atom is 0.180 e. The molecule has 25 heavy (non-hydrogen) atoms. The first-order chi connectivity index (χ1) is 11.7. The van der Waals surface area contributed by atoms with E-state index >= 15 is 0 Å². The first kappa shape index (κ1) is 18.2. The van der Waals surface area contributed by atoms with Gasteiger partial charge in [-0.15, -0.1) is 5.10 Å². The van der Waals surface area contributed by atoms with Gasteiger partial charge in [0.05, 0.1) is 12.2 Å². The first-order valence-corrected chi connectivity index (χ1v) is 8.92. The van der Waals surface area contributed by atoms with Crippen molar-refractivity contribution in [3.8, 4) is 11.5 Å². The molecule has 1 aromatic carbocycles. The molecule has 0 radical (unpaired) electrons. The van der Waals surface area contributed by atoms with Crippen LogP contribution in [0.25, 0.3) is 11.5 Å². The summed E-state index contributed by atoms with van der Waals surface area (Å²) < 4.78 is 3.66. The second-order valence-corrected chi connectivity index (χ2v) is 8.13. The van der Waals surface area contributed by atoms with E-state index in [2.05, 4.69) is 31.0 Å². The summed E-state index contributed by atoms with van der Waals surface area (Å²) in [6, 6.07) is 7.49. The number of halogens is 2. The molecule has 0 aliphatic carbocycles. The van der Waals surface area contributed by atoms with Crippen LogP contribution in [0.1, 0.15) is 32.0 Å². The van der Waals surface area contributed by atoms with Crippen molar-refractivity contribution in [3.05, 3.63) is 45.6 Å². The van der Waals surface area contributed by atoms with Gasteiger partial charge in [-0.1, -0.05) is 50.0 Å². The van der Waals surface area contributed by atoms with E-state index < -0.39 is 0 Å². The maximum absolute atomic E-state index is 6.33. The Hall–Kier alpha value is -1.63. The van der Waals surface area contributed by atoms with Crippen molar-refractivity contribution in [2.24, 2.45) is 7.05 Å². The lowest BCUT2D eigenvalue weighted by atomic mass is 9.92. The molecule has 0 bridgehead atoms. The lowest BCUT2D eigenvalue weighted by Gasteiger charge is -2.14. The van der Waals surface area contributed by atoms with Gasteiger partial charge in [-0.2, -0.15) is 10.2 Å². The summed E-state index contributed by atoms with van der Waals surface area (Å²) in [5.74, 6) is 0.679. The SMILES string of the molecule is Cn1c([S-])nnc1-c1cc(C(C)(C)C)nn1Cc1ccc(Cl)cc1Cl. The van der Waals surface area contributed by atoms with Gasteiger partial charge in [-0.05, 0) is 23.8 Å². The van der Waals surface area contributed by atoms with Crippen LogP contribution in [0.5, 0.6) is 0 Å². The minimum Gasteiger partial charge on any atom is -0.740 e. The zero-order valence-electron chi connectivity index (χ0n) is 14.4. The summed E-state index contributed by atoms with van der Waals surface area (Å²) in [5, 5.41) is 14.6. The van der Waals surface area contributed by atoms with Crippen LogP contribution in [0, 0.1) is 0 Å². The first-order valence-electron chi connectivity index (χ1n) is 7.76. The van der Waals surface area contributed by atoms with Crippen molar-refractivity contribution in [3.63, 3.8) is 0 Å². The second kappa shape index (κ2) is 6.59. The summed E-state index contributed by atoms with van der Waals surface area (Å²) in [5.41, 5.74) is 2.64. The highest BCUT2D eigenvalue weighted by Gasteiger charge is 2.23. The van der Waals surface area contributed by atoms with Crippen LogP contribution in [0.4, 0.5) is 0 Å². The number of aromatic nitrogens is 5. The Morgan fingerprint density at radius 1 is 1.12 bits per heavy atom. The Morgan fingerprint density at radius 3 is 2.40 bits per heavy atom. The topological polar surface area (TPSA) is 48.5 Å². The minimum absolute atomic E-state index is 0.0980. The number of benzene rings is 1. The molecule has 0 saturated heterocycles. The van der Waals surface area contributed by atoms with E-state index in [4.69, 9.17) is 40.9 Å². The van der Waals surface area contributed by atoms with E-state index in [1.54, 1.807) is 10.6 Å². The fourth-order valence-electron chi connectivity index (χ4n) is 2.43. The van der Waals surface area contributed by atoms with Crippen LogP contribution in [0.15, 0.2) is 29.4 Å². The van der Waals surface area contributed by atoms with Gasteiger partial charge in [0, 0.05) is 27.7 Å². The third-order valence-electron chi connectivity index (χ3n) is 3.95. The van der Waals surface area contributed by atoms with E-state index in [-0.39, 0.29) is 5.41 Å². The van der Waals surface area contributed by atoms with Crippen LogP contribution in [-0.4, -0.2) is 24.5 Å². The molecule has 0 fully saturated rings. The second-order valence-electron chi connectivity index (χ2n) is 6.92. The van der Waals surface area contributed by atoms with E-state index in [9.17, 15) is 0 Å². The Bertz CT molecular complexity index is 924. The molecule has 0 aliphatic rings. The third-order valence-corrected chi connectivity index (χ3v) is 4.89. The molecule has 0 atom stereocenters. The molecule has 0 unspecified atom stereocenters. The summed E-state index contributed by atoms with van der Waals surface area (Å²) >= 11 is 17.5. The molecular weight excluding hydrogens is 377 g/mol. The molecular formula is C17H18Cl2N5S-. The smallest absolute Gasteiger partial charge is 0.180 e. The molecule has 0 N–H and O–H groups in total. The average molecular weight is 395 g/mol. The zero-order chi connectivity index (χ0) is 18.4. The lowest BCUT2D eigenvalue weighted by Crippen LogP contribution is -2.13. The van der Waals surface area contributed by atoms with E-state index in [0.717, 1.165) is 17.0 Å². The van der Waals surface area contributed by atoms with Gasteiger partial charge in [-0.3, -0.25) is 4.68 Å². The Kier molecular flexibility index (Phi) is 4.79. The zero-order valence-corrected chi connectivity index (χ0v) is 16.7. The monoisotopic (exact) mass is 394 g/mol. The predicted molar refractivity (Wildman–Crippen MR) is 102 cm³/mol. The van der Waals surface area contributed by atoms with Gasteiger partial charge < -0.3 is 17.2 Å². The number of hydrogen-bond acceptors (Lipinski definition) is 4. The van der Waals surface area contributed by atoms with Gasteiger partial charge in [0.1, 0.15) is 5.69 Å². The van der Waals surface area contributed by atoms with E-state index in [0.29, 0.717) is 27.6 Å². The van der Waals surface area contributed by atoms with Gasteiger partial charge in [0.2, 0.25) is 0 Å². The summed E-state index contributed by atoms with van der Waals surface area (Å²) in [6.07, 6.45) is 0. The van der Waals surface area contributed by atoms with Crippen molar-refractivity contribution < 1.29 is 0 Å². The third kappa shape index (κ3) is 3.66. The number of nitrogens with zero attached hydrogens (tertiary/aromatic N) is 5. The number of hydrogen-bond donors (Lipinski definition) is 0.